The van der Waals surface area contributed by atoms with E-state index in [1.54, 1.807) is 11.1 Å². The lowest BCUT2D eigenvalue weighted by atomic mass is 9.63. The number of fused-ring (bicyclic) bond motifs is 6. The molecule has 0 amide bonds. The Labute approximate surface area is 146 Å². The fourth-order valence-corrected chi connectivity index (χ4v) is 5.94. The van der Waals surface area contributed by atoms with Crippen LogP contribution in [-0.4, -0.2) is 0 Å². The summed E-state index contributed by atoms with van der Waals surface area (Å²) >= 11 is 0. The van der Waals surface area contributed by atoms with Crippen molar-refractivity contribution >= 4 is 10.8 Å². The standard InChI is InChI=1S/C24H28/c1-16(2)10-17-5-7-19-13-20-4-3-9-24(23(20)14-21(19)11-17)15-18-6-8-22(24)12-18/h5-8,11,13-14,16,18,22H,3-4,9-10,12,15H2,1-2H3. The van der Waals surface area contributed by atoms with E-state index in [1.165, 1.54) is 54.9 Å². The minimum absolute atomic E-state index is 0.468. The molecule has 0 heteroatoms. The topological polar surface area (TPSA) is 0 Å². The SMILES string of the molecule is CC(C)Cc1ccc2cc3c(cc2c1)C1(CCC3)CC2C=CC1C2. The maximum Gasteiger partial charge on any atom is 0.00246 e. The first-order valence-corrected chi connectivity index (χ1v) is 9.88. The third-order valence-electron chi connectivity index (χ3n) is 6.88. The lowest BCUT2D eigenvalue weighted by Crippen LogP contribution is -2.35. The fourth-order valence-electron chi connectivity index (χ4n) is 5.94. The summed E-state index contributed by atoms with van der Waals surface area (Å²) < 4.78 is 0. The highest BCUT2D eigenvalue weighted by atomic mass is 14.5. The molecule has 0 radical (unpaired) electrons. The number of benzene rings is 2. The Hall–Kier alpha value is -1.56. The van der Waals surface area contributed by atoms with E-state index in [1.807, 2.05) is 0 Å². The van der Waals surface area contributed by atoms with Gasteiger partial charge in [0.25, 0.3) is 0 Å². The summed E-state index contributed by atoms with van der Waals surface area (Å²) in [6, 6.07) is 12.3. The summed E-state index contributed by atoms with van der Waals surface area (Å²) in [7, 11) is 0. The van der Waals surface area contributed by atoms with Crippen LogP contribution in [0.15, 0.2) is 42.5 Å². The molecule has 0 N–H and O–H groups in total. The molecular formula is C24H28. The van der Waals surface area contributed by atoms with Crippen molar-refractivity contribution in [1.82, 2.24) is 0 Å². The minimum atomic E-state index is 0.468. The number of aryl methyl sites for hydroxylation is 1. The molecule has 0 heterocycles. The van der Waals surface area contributed by atoms with E-state index in [0.717, 1.165) is 17.8 Å². The van der Waals surface area contributed by atoms with Gasteiger partial charge in [0.05, 0.1) is 0 Å². The highest BCUT2D eigenvalue weighted by Gasteiger charge is 2.50. The van der Waals surface area contributed by atoms with E-state index in [2.05, 4.69) is 56.3 Å². The minimum Gasteiger partial charge on any atom is -0.0851 e. The normalized spacial score (nSPS) is 30.6. The maximum atomic E-state index is 2.59. The van der Waals surface area contributed by atoms with Crippen LogP contribution in [0.5, 0.6) is 0 Å². The average Bonchev–Trinajstić information content (AvgIpc) is 3.15. The Morgan fingerprint density at radius 1 is 1.08 bits per heavy atom. The van der Waals surface area contributed by atoms with Crippen molar-refractivity contribution in [2.45, 2.75) is 57.8 Å². The second-order valence-corrected chi connectivity index (χ2v) is 8.99. The van der Waals surface area contributed by atoms with Gasteiger partial charge in [0, 0.05) is 5.41 Å². The van der Waals surface area contributed by atoms with Crippen LogP contribution < -0.4 is 0 Å². The summed E-state index contributed by atoms with van der Waals surface area (Å²) in [6.07, 6.45) is 13.1. The molecule has 0 nitrogen and oxygen atoms in total. The summed E-state index contributed by atoms with van der Waals surface area (Å²) in [5.74, 6) is 2.38. The number of hydrogen-bond acceptors (Lipinski definition) is 0. The molecule has 3 unspecified atom stereocenters. The van der Waals surface area contributed by atoms with Gasteiger partial charge >= 0.3 is 0 Å². The Morgan fingerprint density at radius 3 is 2.75 bits per heavy atom. The average molecular weight is 316 g/mol. The van der Waals surface area contributed by atoms with Gasteiger partial charge in [-0.15, -0.1) is 0 Å². The Bertz CT molecular complexity index is 825. The summed E-state index contributed by atoms with van der Waals surface area (Å²) in [5.41, 5.74) is 5.32. The molecule has 0 saturated heterocycles. The zero-order chi connectivity index (χ0) is 16.3. The van der Waals surface area contributed by atoms with Crippen LogP contribution in [0.1, 0.15) is 56.2 Å². The van der Waals surface area contributed by atoms with Crippen LogP contribution >= 0.6 is 0 Å². The van der Waals surface area contributed by atoms with Crippen molar-refractivity contribution in [1.29, 1.82) is 0 Å². The van der Waals surface area contributed by atoms with Crippen molar-refractivity contribution in [2.24, 2.45) is 17.8 Å². The zero-order valence-corrected chi connectivity index (χ0v) is 15.0. The van der Waals surface area contributed by atoms with E-state index in [4.69, 9.17) is 0 Å². The van der Waals surface area contributed by atoms with Crippen molar-refractivity contribution in [2.75, 3.05) is 0 Å². The molecule has 3 aliphatic carbocycles. The number of allylic oxidation sites excluding steroid dienone is 2. The lowest BCUT2D eigenvalue weighted by molar-refractivity contribution is 0.304. The summed E-state index contributed by atoms with van der Waals surface area (Å²) in [6.45, 7) is 4.63. The number of rotatable bonds is 2. The first-order chi connectivity index (χ1) is 11.6. The Morgan fingerprint density at radius 2 is 2.00 bits per heavy atom. The third kappa shape index (κ3) is 2.11. The maximum absolute atomic E-state index is 2.59. The van der Waals surface area contributed by atoms with Crippen LogP contribution in [0.3, 0.4) is 0 Å². The lowest BCUT2D eigenvalue weighted by Gasteiger charge is -2.41. The highest BCUT2D eigenvalue weighted by Crippen LogP contribution is 2.58. The van der Waals surface area contributed by atoms with Crippen LogP contribution in [0.25, 0.3) is 10.8 Å². The van der Waals surface area contributed by atoms with Gasteiger partial charge in [-0.2, -0.15) is 0 Å². The molecule has 1 saturated carbocycles. The second-order valence-electron chi connectivity index (χ2n) is 8.99. The first-order valence-electron chi connectivity index (χ1n) is 9.88. The molecule has 1 fully saturated rings. The summed E-state index contributed by atoms with van der Waals surface area (Å²) in [4.78, 5) is 0. The van der Waals surface area contributed by atoms with Crippen molar-refractivity contribution in [3.63, 3.8) is 0 Å². The van der Waals surface area contributed by atoms with Crippen LogP contribution in [0.4, 0.5) is 0 Å². The molecule has 1 spiro atoms. The molecule has 0 aromatic heterocycles. The number of hydrogen-bond donors (Lipinski definition) is 0. The quantitative estimate of drug-likeness (QED) is 0.578. The molecule has 2 aromatic rings. The van der Waals surface area contributed by atoms with Crippen LogP contribution in [-0.2, 0) is 18.3 Å². The monoisotopic (exact) mass is 316 g/mol. The van der Waals surface area contributed by atoms with E-state index in [0.29, 0.717) is 5.41 Å². The molecule has 124 valence electrons. The van der Waals surface area contributed by atoms with Gasteiger partial charge in [0.2, 0.25) is 0 Å². The molecule has 2 bridgehead atoms. The Kier molecular flexibility index (Phi) is 3.21. The molecule has 3 aliphatic rings. The first kappa shape index (κ1) is 14.8. The zero-order valence-electron chi connectivity index (χ0n) is 15.0. The van der Waals surface area contributed by atoms with Gasteiger partial charge in [0.1, 0.15) is 0 Å². The molecule has 0 aliphatic heterocycles. The predicted molar refractivity (Wildman–Crippen MR) is 102 cm³/mol. The van der Waals surface area contributed by atoms with Crippen LogP contribution in [0, 0.1) is 17.8 Å². The van der Waals surface area contributed by atoms with Crippen molar-refractivity contribution in [3.8, 4) is 0 Å². The second kappa shape index (κ2) is 5.22. The van der Waals surface area contributed by atoms with E-state index >= 15 is 0 Å². The fraction of sp³-hybridized carbons (Fsp3) is 0.500. The van der Waals surface area contributed by atoms with E-state index in [-0.39, 0.29) is 0 Å². The smallest absolute Gasteiger partial charge is 0.00246 e. The van der Waals surface area contributed by atoms with Crippen molar-refractivity contribution in [3.05, 3.63) is 59.2 Å². The van der Waals surface area contributed by atoms with Gasteiger partial charge in [-0.25, -0.2) is 0 Å². The van der Waals surface area contributed by atoms with Gasteiger partial charge in [0.15, 0.2) is 0 Å². The van der Waals surface area contributed by atoms with Gasteiger partial charge in [-0.1, -0.05) is 56.3 Å². The van der Waals surface area contributed by atoms with E-state index in [9.17, 15) is 0 Å². The molecule has 2 aromatic carbocycles. The van der Waals surface area contributed by atoms with E-state index < -0.39 is 0 Å². The largest absolute Gasteiger partial charge is 0.0851 e. The summed E-state index contributed by atoms with van der Waals surface area (Å²) in [5, 5.41) is 2.91. The molecular weight excluding hydrogens is 288 g/mol. The van der Waals surface area contributed by atoms with Crippen LogP contribution in [0.2, 0.25) is 0 Å². The van der Waals surface area contributed by atoms with Gasteiger partial charge in [-0.3, -0.25) is 0 Å². The highest BCUT2D eigenvalue weighted by molar-refractivity contribution is 5.85. The third-order valence-corrected chi connectivity index (χ3v) is 6.88. The Balaban J connectivity index is 1.65. The van der Waals surface area contributed by atoms with Crippen molar-refractivity contribution < 1.29 is 0 Å². The molecule has 3 atom stereocenters. The van der Waals surface area contributed by atoms with Gasteiger partial charge < -0.3 is 0 Å². The van der Waals surface area contributed by atoms with Gasteiger partial charge in [-0.05, 0) is 83.7 Å². The molecule has 5 rings (SSSR count). The predicted octanol–water partition coefficient (Wildman–Crippen LogP) is 6.21. The molecule has 24 heavy (non-hydrogen) atoms.